The van der Waals surface area contributed by atoms with E-state index in [2.05, 4.69) is 52.4 Å². The zero-order valence-corrected chi connectivity index (χ0v) is 13.3. The Hall–Kier alpha value is -1.06. The molecule has 1 aromatic heterocycles. The lowest BCUT2D eigenvalue weighted by Crippen LogP contribution is -2.29. The number of hydrogen-bond donors (Lipinski definition) is 1. The molecule has 1 aliphatic carbocycles. The van der Waals surface area contributed by atoms with Crippen LogP contribution in [-0.4, -0.2) is 6.04 Å². The summed E-state index contributed by atoms with van der Waals surface area (Å²) in [4.78, 5) is 0. The summed E-state index contributed by atoms with van der Waals surface area (Å²) >= 11 is 3.55. The van der Waals surface area contributed by atoms with E-state index in [1.165, 1.54) is 28.4 Å². The van der Waals surface area contributed by atoms with E-state index in [4.69, 9.17) is 4.42 Å². The fraction of sp³-hybridized carbons (Fsp3) is 0.412. The summed E-state index contributed by atoms with van der Waals surface area (Å²) in [7, 11) is 0. The summed E-state index contributed by atoms with van der Waals surface area (Å²) in [6, 6.07) is 11.7. The highest BCUT2D eigenvalue weighted by molar-refractivity contribution is 9.10. The lowest BCUT2D eigenvalue weighted by atomic mass is 10.1. The van der Waals surface area contributed by atoms with Gasteiger partial charge in [-0.15, -0.1) is 0 Å². The Morgan fingerprint density at radius 3 is 3.10 bits per heavy atom. The molecule has 0 aliphatic heterocycles. The third-order valence-corrected chi connectivity index (χ3v) is 4.57. The van der Waals surface area contributed by atoms with Crippen molar-refractivity contribution >= 4 is 15.9 Å². The number of furan rings is 1. The van der Waals surface area contributed by atoms with Gasteiger partial charge in [0.25, 0.3) is 0 Å². The van der Waals surface area contributed by atoms with Gasteiger partial charge < -0.3 is 9.73 Å². The van der Waals surface area contributed by atoms with Gasteiger partial charge in [-0.05, 0) is 61.6 Å². The van der Waals surface area contributed by atoms with Crippen LogP contribution in [0.3, 0.4) is 0 Å². The Morgan fingerprint density at radius 1 is 1.40 bits per heavy atom. The third kappa shape index (κ3) is 3.15. The highest BCUT2D eigenvalue weighted by Gasteiger charge is 2.23. The first-order chi connectivity index (χ1) is 9.72. The van der Waals surface area contributed by atoms with Crippen LogP contribution in [0.5, 0.6) is 0 Å². The van der Waals surface area contributed by atoms with Crippen molar-refractivity contribution in [3.05, 3.63) is 58.0 Å². The Bertz CT molecular complexity index is 564. The maximum Gasteiger partial charge on any atom is 0.103 e. The number of nitrogens with one attached hydrogen (secondary N) is 1. The van der Waals surface area contributed by atoms with E-state index in [9.17, 15) is 0 Å². The van der Waals surface area contributed by atoms with Crippen LogP contribution in [0.4, 0.5) is 0 Å². The second-order valence-electron chi connectivity index (χ2n) is 5.62. The number of rotatable bonds is 5. The summed E-state index contributed by atoms with van der Waals surface area (Å²) in [5.74, 6) is 1.08. The van der Waals surface area contributed by atoms with Crippen LogP contribution in [0.2, 0.25) is 0 Å². The van der Waals surface area contributed by atoms with E-state index in [1.54, 1.807) is 6.26 Å². The van der Waals surface area contributed by atoms with Crippen LogP contribution < -0.4 is 5.32 Å². The summed E-state index contributed by atoms with van der Waals surface area (Å²) < 4.78 is 6.57. The SMILES string of the molecule is CC(CCc1ccco1)NC1CCc2cc(Br)ccc21. The Morgan fingerprint density at radius 2 is 2.30 bits per heavy atom. The van der Waals surface area contributed by atoms with Crippen LogP contribution in [0.15, 0.2) is 45.5 Å². The van der Waals surface area contributed by atoms with Crippen molar-refractivity contribution in [1.29, 1.82) is 0 Å². The molecule has 2 atom stereocenters. The predicted molar refractivity (Wildman–Crippen MR) is 84.8 cm³/mol. The number of aryl methyl sites for hydroxylation is 2. The van der Waals surface area contributed by atoms with Crippen LogP contribution >= 0.6 is 15.9 Å². The maximum absolute atomic E-state index is 5.39. The van der Waals surface area contributed by atoms with Gasteiger partial charge in [0.05, 0.1) is 6.26 Å². The molecule has 3 heteroatoms. The van der Waals surface area contributed by atoms with Crippen molar-refractivity contribution in [2.24, 2.45) is 0 Å². The molecule has 0 saturated heterocycles. The molecule has 3 rings (SSSR count). The average molecular weight is 334 g/mol. The fourth-order valence-corrected chi connectivity index (χ4v) is 3.41. The number of benzene rings is 1. The first-order valence-electron chi connectivity index (χ1n) is 7.29. The molecular weight excluding hydrogens is 314 g/mol. The molecule has 2 nitrogen and oxygen atoms in total. The molecule has 1 heterocycles. The van der Waals surface area contributed by atoms with Gasteiger partial charge in [-0.2, -0.15) is 0 Å². The summed E-state index contributed by atoms with van der Waals surface area (Å²) in [6.45, 7) is 2.26. The summed E-state index contributed by atoms with van der Waals surface area (Å²) in [5, 5.41) is 3.76. The Balaban J connectivity index is 1.56. The van der Waals surface area contributed by atoms with E-state index in [0.29, 0.717) is 12.1 Å². The lowest BCUT2D eigenvalue weighted by molar-refractivity contribution is 0.416. The summed E-state index contributed by atoms with van der Waals surface area (Å²) in [5.41, 5.74) is 2.95. The van der Waals surface area contributed by atoms with E-state index < -0.39 is 0 Å². The van der Waals surface area contributed by atoms with Gasteiger partial charge in [0.2, 0.25) is 0 Å². The van der Waals surface area contributed by atoms with Crippen LogP contribution in [0.25, 0.3) is 0 Å². The maximum atomic E-state index is 5.39. The zero-order valence-electron chi connectivity index (χ0n) is 11.7. The van der Waals surface area contributed by atoms with Gasteiger partial charge in [-0.3, -0.25) is 0 Å². The second-order valence-corrected chi connectivity index (χ2v) is 6.54. The molecule has 0 fully saturated rings. The Kier molecular flexibility index (Phi) is 4.27. The van der Waals surface area contributed by atoms with E-state index in [0.717, 1.165) is 18.6 Å². The first-order valence-corrected chi connectivity index (χ1v) is 8.08. The van der Waals surface area contributed by atoms with Gasteiger partial charge in [0.1, 0.15) is 5.76 Å². The molecule has 0 bridgehead atoms. The predicted octanol–water partition coefficient (Wildman–Crippen LogP) is 4.64. The minimum atomic E-state index is 0.500. The highest BCUT2D eigenvalue weighted by atomic mass is 79.9. The molecule has 0 radical (unpaired) electrons. The van der Waals surface area contributed by atoms with Gasteiger partial charge in [0, 0.05) is 23.0 Å². The molecule has 2 aromatic rings. The quantitative estimate of drug-likeness (QED) is 0.862. The third-order valence-electron chi connectivity index (χ3n) is 4.07. The lowest BCUT2D eigenvalue weighted by Gasteiger charge is -2.20. The van der Waals surface area contributed by atoms with Crippen molar-refractivity contribution in [3.63, 3.8) is 0 Å². The van der Waals surface area contributed by atoms with Crippen LogP contribution in [0.1, 0.15) is 42.7 Å². The molecule has 0 saturated carbocycles. The monoisotopic (exact) mass is 333 g/mol. The van der Waals surface area contributed by atoms with E-state index in [-0.39, 0.29) is 0 Å². The molecule has 0 spiro atoms. The number of hydrogen-bond acceptors (Lipinski definition) is 2. The van der Waals surface area contributed by atoms with E-state index >= 15 is 0 Å². The van der Waals surface area contributed by atoms with Crippen molar-refractivity contribution in [2.75, 3.05) is 0 Å². The molecular formula is C17H20BrNO. The van der Waals surface area contributed by atoms with Crippen molar-refractivity contribution < 1.29 is 4.42 Å². The van der Waals surface area contributed by atoms with Crippen LogP contribution in [0, 0.1) is 0 Å². The summed E-state index contributed by atoms with van der Waals surface area (Å²) in [6.07, 6.45) is 6.24. The molecule has 0 amide bonds. The van der Waals surface area contributed by atoms with Gasteiger partial charge in [0.15, 0.2) is 0 Å². The molecule has 1 aliphatic rings. The fourth-order valence-electron chi connectivity index (χ4n) is 3.00. The van der Waals surface area contributed by atoms with E-state index in [1.807, 2.05) is 6.07 Å². The minimum Gasteiger partial charge on any atom is -0.469 e. The minimum absolute atomic E-state index is 0.500. The smallest absolute Gasteiger partial charge is 0.103 e. The molecule has 1 N–H and O–H groups in total. The number of fused-ring (bicyclic) bond motifs is 1. The number of halogens is 1. The van der Waals surface area contributed by atoms with Gasteiger partial charge >= 0.3 is 0 Å². The standard InChI is InChI=1S/C17H20BrNO/c1-12(4-7-15-3-2-10-20-15)19-17-9-5-13-11-14(18)6-8-16(13)17/h2-3,6,8,10-12,17,19H,4-5,7,9H2,1H3. The average Bonchev–Trinajstić information content (AvgIpc) is 3.06. The normalized spacial score (nSPS) is 19.0. The molecule has 106 valence electrons. The topological polar surface area (TPSA) is 25.2 Å². The molecule has 1 aromatic carbocycles. The second kappa shape index (κ2) is 6.15. The molecule has 20 heavy (non-hydrogen) atoms. The zero-order chi connectivity index (χ0) is 13.9. The Labute approximate surface area is 128 Å². The van der Waals surface area contributed by atoms with Crippen LogP contribution in [-0.2, 0) is 12.8 Å². The van der Waals surface area contributed by atoms with Crippen molar-refractivity contribution in [2.45, 2.75) is 44.7 Å². The highest BCUT2D eigenvalue weighted by Crippen LogP contribution is 2.33. The molecule has 2 unspecified atom stereocenters. The van der Waals surface area contributed by atoms with Crippen molar-refractivity contribution in [1.82, 2.24) is 5.32 Å². The van der Waals surface area contributed by atoms with Crippen molar-refractivity contribution in [3.8, 4) is 0 Å². The van der Waals surface area contributed by atoms with Gasteiger partial charge in [-0.1, -0.05) is 22.0 Å². The first kappa shape index (κ1) is 13.9. The van der Waals surface area contributed by atoms with Gasteiger partial charge in [-0.25, -0.2) is 0 Å². The largest absolute Gasteiger partial charge is 0.469 e.